The van der Waals surface area contributed by atoms with Crippen molar-refractivity contribution in [1.29, 1.82) is 0 Å². The number of halogens is 1. The third-order valence-corrected chi connectivity index (χ3v) is 4.32. The van der Waals surface area contributed by atoms with Gasteiger partial charge in [-0.15, -0.1) is 0 Å². The standard InChI is InChI=1S/C15H18ClNO3/c1-2-17(11-5-3-4-6-11)15(18)10-7-12(16)14-13(8-10)19-9-20-14/h7-8,11H,2-6,9H2,1H3. The van der Waals surface area contributed by atoms with Crippen molar-refractivity contribution in [3.8, 4) is 11.5 Å². The molecule has 0 atom stereocenters. The number of hydrogen-bond acceptors (Lipinski definition) is 3. The maximum atomic E-state index is 12.7. The van der Waals surface area contributed by atoms with Gasteiger partial charge in [0.15, 0.2) is 11.5 Å². The largest absolute Gasteiger partial charge is 0.454 e. The smallest absolute Gasteiger partial charge is 0.254 e. The molecule has 3 rings (SSSR count). The fourth-order valence-corrected chi connectivity index (χ4v) is 3.31. The van der Waals surface area contributed by atoms with Crippen molar-refractivity contribution in [2.45, 2.75) is 38.6 Å². The fourth-order valence-electron chi connectivity index (χ4n) is 3.04. The van der Waals surface area contributed by atoms with Crippen molar-refractivity contribution < 1.29 is 14.3 Å². The van der Waals surface area contributed by atoms with Gasteiger partial charge < -0.3 is 14.4 Å². The topological polar surface area (TPSA) is 38.8 Å². The van der Waals surface area contributed by atoms with E-state index in [1.807, 2.05) is 11.8 Å². The van der Waals surface area contributed by atoms with Crippen LogP contribution in [0.4, 0.5) is 0 Å². The van der Waals surface area contributed by atoms with Crippen LogP contribution in [0.25, 0.3) is 0 Å². The summed E-state index contributed by atoms with van der Waals surface area (Å²) in [6, 6.07) is 3.76. The minimum absolute atomic E-state index is 0.0274. The minimum Gasteiger partial charge on any atom is -0.454 e. The first-order chi connectivity index (χ1) is 9.70. The molecule has 0 spiro atoms. The fraction of sp³-hybridized carbons (Fsp3) is 0.533. The lowest BCUT2D eigenvalue weighted by atomic mass is 10.1. The van der Waals surface area contributed by atoms with E-state index in [9.17, 15) is 4.79 Å². The van der Waals surface area contributed by atoms with Crippen LogP contribution in [-0.2, 0) is 0 Å². The Labute approximate surface area is 123 Å². The summed E-state index contributed by atoms with van der Waals surface area (Å²) in [5.41, 5.74) is 0.577. The van der Waals surface area contributed by atoms with Gasteiger partial charge in [0.05, 0.1) is 5.02 Å². The van der Waals surface area contributed by atoms with Crippen molar-refractivity contribution in [3.05, 3.63) is 22.7 Å². The highest BCUT2D eigenvalue weighted by atomic mass is 35.5. The molecular formula is C15H18ClNO3. The zero-order valence-electron chi connectivity index (χ0n) is 11.5. The van der Waals surface area contributed by atoms with Gasteiger partial charge >= 0.3 is 0 Å². The lowest BCUT2D eigenvalue weighted by Crippen LogP contribution is -2.38. The molecule has 1 saturated carbocycles. The summed E-state index contributed by atoms with van der Waals surface area (Å²) in [6.45, 7) is 2.90. The van der Waals surface area contributed by atoms with Crippen LogP contribution in [0.1, 0.15) is 43.0 Å². The molecule has 1 fully saturated rings. The second-order valence-electron chi connectivity index (χ2n) is 5.22. The minimum atomic E-state index is 0.0274. The zero-order chi connectivity index (χ0) is 14.1. The molecule has 1 aliphatic heterocycles. The average molecular weight is 296 g/mol. The molecule has 0 N–H and O–H groups in total. The lowest BCUT2D eigenvalue weighted by molar-refractivity contribution is 0.0693. The van der Waals surface area contributed by atoms with Gasteiger partial charge in [0.25, 0.3) is 5.91 Å². The monoisotopic (exact) mass is 295 g/mol. The first-order valence-electron chi connectivity index (χ1n) is 7.11. The number of ether oxygens (including phenoxy) is 2. The van der Waals surface area contributed by atoms with E-state index in [2.05, 4.69) is 0 Å². The predicted molar refractivity (Wildman–Crippen MR) is 76.5 cm³/mol. The number of amides is 1. The molecule has 0 saturated heterocycles. The van der Waals surface area contributed by atoms with Gasteiger partial charge in [0.1, 0.15) is 0 Å². The van der Waals surface area contributed by atoms with E-state index in [0.29, 0.717) is 28.1 Å². The van der Waals surface area contributed by atoms with Crippen LogP contribution in [0, 0.1) is 0 Å². The van der Waals surface area contributed by atoms with Gasteiger partial charge in [-0.25, -0.2) is 0 Å². The first-order valence-corrected chi connectivity index (χ1v) is 7.48. The van der Waals surface area contributed by atoms with Crippen LogP contribution in [0.15, 0.2) is 12.1 Å². The second-order valence-corrected chi connectivity index (χ2v) is 5.63. The number of hydrogen-bond donors (Lipinski definition) is 0. The molecule has 20 heavy (non-hydrogen) atoms. The lowest BCUT2D eigenvalue weighted by Gasteiger charge is -2.27. The molecule has 2 aliphatic rings. The van der Waals surface area contributed by atoms with E-state index in [4.69, 9.17) is 21.1 Å². The van der Waals surface area contributed by atoms with Crippen LogP contribution >= 0.6 is 11.6 Å². The van der Waals surface area contributed by atoms with Gasteiger partial charge in [-0.05, 0) is 31.9 Å². The second kappa shape index (κ2) is 5.52. The molecule has 1 aliphatic carbocycles. The Hall–Kier alpha value is -1.42. The first kappa shape index (κ1) is 13.6. The Morgan fingerprint density at radius 1 is 1.35 bits per heavy atom. The van der Waals surface area contributed by atoms with E-state index in [0.717, 1.165) is 19.4 Å². The van der Waals surface area contributed by atoms with E-state index >= 15 is 0 Å². The third-order valence-electron chi connectivity index (χ3n) is 4.04. The van der Waals surface area contributed by atoms with Crippen molar-refractivity contribution in [1.82, 2.24) is 4.90 Å². The number of fused-ring (bicyclic) bond motifs is 1. The zero-order valence-corrected chi connectivity index (χ0v) is 12.3. The molecule has 0 radical (unpaired) electrons. The summed E-state index contributed by atoms with van der Waals surface area (Å²) in [7, 11) is 0. The van der Waals surface area contributed by atoms with E-state index in [-0.39, 0.29) is 12.7 Å². The Kier molecular flexibility index (Phi) is 3.74. The van der Waals surface area contributed by atoms with E-state index in [1.54, 1.807) is 12.1 Å². The number of nitrogens with zero attached hydrogens (tertiary/aromatic N) is 1. The Balaban J connectivity index is 1.87. The highest BCUT2D eigenvalue weighted by Gasteiger charge is 2.28. The molecule has 0 bridgehead atoms. The van der Waals surface area contributed by atoms with Gasteiger partial charge in [0.2, 0.25) is 6.79 Å². The molecule has 4 nitrogen and oxygen atoms in total. The molecule has 1 aromatic carbocycles. The average Bonchev–Trinajstić information content (AvgIpc) is 3.09. The van der Waals surface area contributed by atoms with E-state index < -0.39 is 0 Å². The van der Waals surface area contributed by atoms with Crippen LogP contribution in [0.2, 0.25) is 5.02 Å². The number of benzene rings is 1. The molecule has 108 valence electrons. The summed E-state index contributed by atoms with van der Waals surface area (Å²) >= 11 is 6.15. The van der Waals surface area contributed by atoms with E-state index in [1.165, 1.54) is 12.8 Å². The molecule has 0 aromatic heterocycles. The van der Waals surface area contributed by atoms with Crippen LogP contribution in [0.5, 0.6) is 11.5 Å². The van der Waals surface area contributed by atoms with Gasteiger partial charge in [-0.3, -0.25) is 4.79 Å². The highest BCUT2D eigenvalue weighted by Crippen LogP contribution is 2.40. The SMILES string of the molecule is CCN(C(=O)c1cc(Cl)c2c(c1)OCO2)C1CCCC1. The molecule has 0 unspecified atom stereocenters. The third kappa shape index (κ3) is 2.33. The quantitative estimate of drug-likeness (QED) is 0.857. The summed E-state index contributed by atoms with van der Waals surface area (Å²) in [5.74, 6) is 1.12. The molecular weight excluding hydrogens is 278 g/mol. The molecule has 5 heteroatoms. The van der Waals surface area contributed by atoms with Crippen LogP contribution in [0.3, 0.4) is 0 Å². The number of carbonyl (C=O) groups excluding carboxylic acids is 1. The molecule has 1 amide bonds. The van der Waals surface area contributed by atoms with Crippen molar-refractivity contribution >= 4 is 17.5 Å². The van der Waals surface area contributed by atoms with Crippen molar-refractivity contribution in [2.75, 3.05) is 13.3 Å². The van der Waals surface area contributed by atoms with Gasteiger partial charge in [0, 0.05) is 18.2 Å². The van der Waals surface area contributed by atoms with Crippen molar-refractivity contribution in [3.63, 3.8) is 0 Å². The maximum Gasteiger partial charge on any atom is 0.254 e. The summed E-state index contributed by atoms with van der Waals surface area (Å²) in [4.78, 5) is 14.6. The van der Waals surface area contributed by atoms with Crippen LogP contribution < -0.4 is 9.47 Å². The molecule has 1 heterocycles. The Bertz CT molecular complexity index is 526. The molecule has 1 aromatic rings. The van der Waals surface area contributed by atoms with Crippen molar-refractivity contribution in [2.24, 2.45) is 0 Å². The summed E-state index contributed by atoms with van der Waals surface area (Å²) < 4.78 is 10.6. The van der Waals surface area contributed by atoms with Gasteiger partial charge in [-0.2, -0.15) is 0 Å². The maximum absolute atomic E-state index is 12.7. The number of carbonyl (C=O) groups is 1. The van der Waals surface area contributed by atoms with Gasteiger partial charge in [-0.1, -0.05) is 24.4 Å². The highest BCUT2D eigenvalue weighted by molar-refractivity contribution is 6.32. The number of rotatable bonds is 3. The normalized spacial score (nSPS) is 17.5. The van der Waals surface area contributed by atoms with Crippen LogP contribution in [-0.4, -0.2) is 30.2 Å². The summed E-state index contributed by atoms with van der Waals surface area (Å²) in [5, 5.41) is 0.436. The Morgan fingerprint density at radius 2 is 2.10 bits per heavy atom. The predicted octanol–water partition coefficient (Wildman–Crippen LogP) is 3.47. The summed E-state index contributed by atoms with van der Waals surface area (Å²) in [6.07, 6.45) is 4.60. The Morgan fingerprint density at radius 3 is 2.80 bits per heavy atom.